The van der Waals surface area contributed by atoms with Crippen LogP contribution in [0.3, 0.4) is 0 Å². The monoisotopic (exact) mass is 345 g/mol. The lowest BCUT2D eigenvalue weighted by Gasteiger charge is -2.02. The van der Waals surface area contributed by atoms with Crippen LogP contribution in [0.4, 0.5) is 10.8 Å². The van der Waals surface area contributed by atoms with Gasteiger partial charge in [-0.25, -0.2) is 9.98 Å². The minimum atomic E-state index is 0.316. The molecule has 0 unspecified atom stereocenters. The molecule has 4 N–H and O–H groups in total. The van der Waals surface area contributed by atoms with Crippen molar-refractivity contribution in [1.82, 2.24) is 10.3 Å². The molecule has 1 heterocycles. The molecule has 0 saturated heterocycles. The van der Waals surface area contributed by atoms with Gasteiger partial charge in [-0.3, -0.25) is 10.3 Å². The fourth-order valence-electron chi connectivity index (χ4n) is 1.65. The van der Waals surface area contributed by atoms with Crippen LogP contribution < -0.4 is 16.4 Å². The van der Waals surface area contributed by atoms with Gasteiger partial charge in [0.2, 0.25) is 0 Å². The summed E-state index contributed by atoms with van der Waals surface area (Å²) in [4.78, 5) is 12.7. The molecular formula is C14H15N7S2. The molecule has 0 radical (unpaired) electrons. The average molecular weight is 345 g/mol. The van der Waals surface area contributed by atoms with Crippen LogP contribution in [-0.4, -0.2) is 29.4 Å². The van der Waals surface area contributed by atoms with E-state index in [1.165, 1.54) is 23.1 Å². The van der Waals surface area contributed by atoms with Gasteiger partial charge < -0.3 is 11.1 Å². The Morgan fingerprint density at radius 2 is 2.30 bits per heavy atom. The average Bonchev–Trinajstić information content (AvgIpc) is 3.03. The number of benzene rings is 1. The van der Waals surface area contributed by atoms with E-state index in [2.05, 4.69) is 25.6 Å². The highest BCUT2D eigenvalue weighted by atomic mass is 32.2. The molecule has 7 nitrogen and oxygen atoms in total. The standard InChI is InChI=1S/C14H15N7S2/c1-17-12(16)21-14-20-11(7-23-14)9-4-3-5-10(6-9)19-13(22-2)18-8-15/h3-7H,1-2H3,(H,18,19)(H3,16,17,20,21). The van der Waals surface area contributed by atoms with Crippen LogP contribution in [0.15, 0.2) is 39.6 Å². The first-order chi connectivity index (χ1) is 11.2. The molecule has 0 bridgehead atoms. The van der Waals surface area contributed by atoms with Gasteiger partial charge in [0, 0.05) is 18.0 Å². The van der Waals surface area contributed by atoms with E-state index in [1.807, 2.05) is 42.1 Å². The number of nitriles is 1. The molecule has 0 fully saturated rings. The number of hydrogen-bond donors (Lipinski definition) is 3. The lowest BCUT2D eigenvalue weighted by atomic mass is 10.1. The third-order valence-electron chi connectivity index (χ3n) is 2.71. The van der Waals surface area contributed by atoms with Crippen molar-refractivity contribution in [3.8, 4) is 17.5 Å². The zero-order chi connectivity index (χ0) is 16.7. The molecule has 2 rings (SSSR count). The molecule has 0 aliphatic heterocycles. The van der Waals surface area contributed by atoms with Crippen LogP contribution in [0.1, 0.15) is 0 Å². The fraction of sp³-hybridized carbons (Fsp3) is 0.143. The predicted molar refractivity (Wildman–Crippen MR) is 98.1 cm³/mol. The second kappa shape index (κ2) is 8.17. The summed E-state index contributed by atoms with van der Waals surface area (Å²) in [6.45, 7) is 0. The van der Waals surface area contributed by atoms with Crippen molar-refractivity contribution in [2.45, 2.75) is 0 Å². The van der Waals surface area contributed by atoms with Crippen LogP contribution in [-0.2, 0) is 0 Å². The molecule has 0 atom stereocenters. The Hall–Kier alpha value is -2.57. The molecule has 0 amide bonds. The Kier molecular flexibility index (Phi) is 5.96. The number of nitrogens with two attached hydrogens (primary N) is 1. The first-order valence-electron chi connectivity index (χ1n) is 6.49. The maximum atomic E-state index is 8.68. The maximum absolute atomic E-state index is 8.68. The lowest BCUT2D eigenvalue weighted by Crippen LogP contribution is -2.21. The summed E-state index contributed by atoms with van der Waals surface area (Å²) >= 11 is 2.81. The molecule has 9 heteroatoms. The molecule has 1 aromatic heterocycles. The van der Waals surface area contributed by atoms with Crippen molar-refractivity contribution in [3.63, 3.8) is 0 Å². The zero-order valence-corrected chi connectivity index (χ0v) is 14.2. The van der Waals surface area contributed by atoms with Gasteiger partial charge in [0.15, 0.2) is 22.5 Å². The van der Waals surface area contributed by atoms with Crippen LogP contribution in [0.5, 0.6) is 0 Å². The smallest absolute Gasteiger partial charge is 0.194 e. The van der Waals surface area contributed by atoms with Crippen molar-refractivity contribution < 1.29 is 0 Å². The van der Waals surface area contributed by atoms with Crippen molar-refractivity contribution in [2.24, 2.45) is 15.7 Å². The van der Waals surface area contributed by atoms with Gasteiger partial charge in [-0.05, 0) is 18.4 Å². The lowest BCUT2D eigenvalue weighted by molar-refractivity contribution is 1.28. The van der Waals surface area contributed by atoms with E-state index in [9.17, 15) is 0 Å². The van der Waals surface area contributed by atoms with Gasteiger partial charge in [-0.15, -0.1) is 11.3 Å². The number of rotatable bonds is 3. The Balaban J connectivity index is 2.25. The zero-order valence-electron chi connectivity index (χ0n) is 12.6. The molecule has 23 heavy (non-hydrogen) atoms. The topological polar surface area (TPSA) is 111 Å². The summed E-state index contributed by atoms with van der Waals surface area (Å²) in [7, 11) is 1.61. The number of nitrogens with one attached hydrogen (secondary N) is 2. The first kappa shape index (κ1) is 16.8. The van der Waals surface area contributed by atoms with Gasteiger partial charge in [0.05, 0.1) is 11.4 Å². The van der Waals surface area contributed by atoms with Crippen LogP contribution in [0.2, 0.25) is 0 Å². The summed E-state index contributed by atoms with van der Waals surface area (Å²) in [5, 5.41) is 17.3. The Morgan fingerprint density at radius 3 is 3.00 bits per heavy atom. The summed E-state index contributed by atoms with van der Waals surface area (Å²) in [6.07, 6.45) is 3.72. The highest BCUT2D eigenvalue weighted by Crippen LogP contribution is 2.27. The SMILES string of the molecule is CN=C(N)Nc1nc(-c2cccc(N=C(NC#N)SC)c2)cs1. The molecular weight excluding hydrogens is 330 g/mol. The molecule has 0 spiro atoms. The van der Waals surface area contributed by atoms with Crippen LogP contribution in [0, 0.1) is 11.5 Å². The number of thioether (sulfide) groups is 1. The van der Waals surface area contributed by atoms with E-state index < -0.39 is 0 Å². The largest absolute Gasteiger partial charge is 0.370 e. The number of anilines is 1. The molecule has 1 aromatic carbocycles. The quantitative estimate of drug-likeness (QED) is 0.341. The summed E-state index contributed by atoms with van der Waals surface area (Å²) in [5.74, 6) is 0.316. The molecule has 118 valence electrons. The summed E-state index contributed by atoms with van der Waals surface area (Å²) < 4.78 is 0. The van der Waals surface area contributed by atoms with E-state index in [1.54, 1.807) is 7.05 Å². The Morgan fingerprint density at radius 1 is 1.48 bits per heavy atom. The third kappa shape index (κ3) is 4.70. The molecule has 2 aromatic rings. The number of nitrogens with zero attached hydrogens (tertiary/aromatic N) is 4. The van der Waals surface area contributed by atoms with Crippen LogP contribution in [0.25, 0.3) is 11.3 Å². The normalized spacial score (nSPS) is 11.9. The number of aromatic nitrogens is 1. The minimum absolute atomic E-state index is 0.316. The number of aliphatic imine (C=N–C) groups is 2. The summed E-state index contributed by atoms with van der Waals surface area (Å²) in [5.41, 5.74) is 8.12. The Labute approximate surface area is 142 Å². The molecule has 0 aliphatic rings. The van der Waals surface area contributed by atoms with Gasteiger partial charge in [-0.2, -0.15) is 5.26 Å². The predicted octanol–water partition coefficient (Wildman–Crippen LogP) is 2.59. The molecule has 0 aliphatic carbocycles. The second-order valence-electron chi connectivity index (χ2n) is 4.18. The van der Waals surface area contributed by atoms with E-state index in [4.69, 9.17) is 11.0 Å². The van der Waals surface area contributed by atoms with Gasteiger partial charge in [0.25, 0.3) is 0 Å². The number of thiazole rings is 1. The van der Waals surface area contributed by atoms with Crippen LogP contribution >= 0.6 is 23.1 Å². The minimum Gasteiger partial charge on any atom is -0.370 e. The highest BCUT2D eigenvalue weighted by Gasteiger charge is 2.06. The van der Waals surface area contributed by atoms with E-state index in [0.29, 0.717) is 16.3 Å². The van der Waals surface area contributed by atoms with Crippen molar-refractivity contribution >= 4 is 45.0 Å². The van der Waals surface area contributed by atoms with Crippen molar-refractivity contribution in [2.75, 3.05) is 18.6 Å². The van der Waals surface area contributed by atoms with Gasteiger partial charge in [0.1, 0.15) is 0 Å². The van der Waals surface area contributed by atoms with Gasteiger partial charge in [-0.1, -0.05) is 23.9 Å². The highest BCUT2D eigenvalue weighted by molar-refractivity contribution is 8.13. The first-order valence-corrected chi connectivity index (χ1v) is 8.59. The second-order valence-corrected chi connectivity index (χ2v) is 5.83. The fourth-order valence-corrected chi connectivity index (χ4v) is 2.72. The van der Waals surface area contributed by atoms with E-state index >= 15 is 0 Å². The maximum Gasteiger partial charge on any atom is 0.194 e. The van der Waals surface area contributed by atoms with E-state index in [-0.39, 0.29) is 0 Å². The number of guanidine groups is 1. The van der Waals surface area contributed by atoms with E-state index in [0.717, 1.165) is 16.9 Å². The number of amidine groups is 1. The van der Waals surface area contributed by atoms with Crippen molar-refractivity contribution in [1.29, 1.82) is 5.26 Å². The third-order valence-corrected chi connectivity index (χ3v) is 4.05. The summed E-state index contributed by atoms with van der Waals surface area (Å²) in [6, 6.07) is 7.62. The van der Waals surface area contributed by atoms with Gasteiger partial charge >= 0.3 is 0 Å². The van der Waals surface area contributed by atoms with Crippen molar-refractivity contribution in [3.05, 3.63) is 29.6 Å². The molecule has 0 saturated carbocycles. The number of hydrogen-bond acceptors (Lipinski definition) is 6. The Bertz CT molecular complexity index is 773.